The third-order valence-corrected chi connectivity index (χ3v) is 5.02. The van der Waals surface area contributed by atoms with Crippen LogP contribution in [0.2, 0.25) is 0 Å². The van der Waals surface area contributed by atoms with Crippen LogP contribution in [0.25, 0.3) is 11.3 Å². The lowest BCUT2D eigenvalue weighted by Gasteiger charge is -2.11. The van der Waals surface area contributed by atoms with E-state index in [-0.39, 0.29) is 11.6 Å². The van der Waals surface area contributed by atoms with E-state index in [2.05, 4.69) is 20.3 Å². The van der Waals surface area contributed by atoms with Gasteiger partial charge < -0.3 is 19.5 Å². The van der Waals surface area contributed by atoms with Crippen LogP contribution in [0, 0.1) is 0 Å². The Kier molecular flexibility index (Phi) is 7.29. The summed E-state index contributed by atoms with van der Waals surface area (Å²) in [5, 5.41) is 2.83. The number of nitrogens with one attached hydrogen (secondary N) is 1. The quantitative estimate of drug-likeness (QED) is 0.398. The molecule has 1 N–H and O–H groups in total. The molecule has 0 aliphatic carbocycles. The van der Waals surface area contributed by atoms with Crippen LogP contribution in [0.4, 0.5) is 5.69 Å². The minimum absolute atomic E-state index is 0.246. The van der Waals surface area contributed by atoms with Gasteiger partial charge in [0.2, 0.25) is 5.88 Å². The van der Waals surface area contributed by atoms with Crippen molar-refractivity contribution in [1.29, 1.82) is 0 Å². The molecule has 0 aliphatic heterocycles. The second kappa shape index (κ2) is 10.9. The van der Waals surface area contributed by atoms with Crippen molar-refractivity contribution < 1.29 is 19.0 Å². The standard InChI is InChI=1S/C26H24N4O4/c1-32-23-10-9-18(15-24(23)33-2)11-14-34-25-8-4-7-21(30-25)19-5-3-6-20(16-19)29-26(31)22-17-27-12-13-28-22/h3-10,12-13,15-17H,11,14H2,1-2H3,(H,29,31). The Morgan fingerprint density at radius 3 is 2.59 bits per heavy atom. The summed E-state index contributed by atoms with van der Waals surface area (Å²) in [5.74, 6) is 1.57. The van der Waals surface area contributed by atoms with Gasteiger partial charge in [-0.2, -0.15) is 0 Å². The largest absolute Gasteiger partial charge is 0.493 e. The number of benzene rings is 2. The van der Waals surface area contributed by atoms with Crippen LogP contribution in [0.3, 0.4) is 0 Å². The summed E-state index contributed by atoms with van der Waals surface area (Å²) in [7, 11) is 3.23. The summed E-state index contributed by atoms with van der Waals surface area (Å²) in [6.45, 7) is 0.458. The van der Waals surface area contributed by atoms with Crippen LogP contribution in [0.15, 0.2) is 79.3 Å². The summed E-state index contributed by atoms with van der Waals surface area (Å²) in [6.07, 6.45) is 5.11. The van der Waals surface area contributed by atoms with E-state index < -0.39 is 0 Å². The van der Waals surface area contributed by atoms with E-state index in [1.807, 2.05) is 54.6 Å². The Morgan fingerprint density at radius 1 is 0.941 bits per heavy atom. The molecule has 4 rings (SSSR count). The molecular formula is C26H24N4O4. The molecule has 0 atom stereocenters. The number of aromatic nitrogens is 3. The molecule has 0 spiro atoms. The van der Waals surface area contributed by atoms with Crippen molar-refractivity contribution in [3.8, 4) is 28.6 Å². The number of carbonyl (C=O) groups excluding carboxylic acids is 1. The topological polar surface area (TPSA) is 95.5 Å². The minimum atomic E-state index is -0.328. The monoisotopic (exact) mass is 456 g/mol. The van der Waals surface area contributed by atoms with Gasteiger partial charge in [-0.05, 0) is 35.9 Å². The molecule has 8 nitrogen and oxygen atoms in total. The number of ether oxygens (including phenoxy) is 3. The third-order valence-electron chi connectivity index (χ3n) is 5.02. The fraction of sp³-hybridized carbons (Fsp3) is 0.154. The summed E-state index contributed by atoms with van der Waals surface area (Å²) in [4.78, 5) is 24.9. The van der Waals surface area contributed by atoms with Gasteiger partial charge in [0.1, 0.15) is 5.69 Å². The van der Waals surface area contributed by atoms with Gasteiger partial charge in [0, 0.05) is 36.1 Å². The first-order valence-corrected chi connectivity index (χ1v) is 10.6. The minimum Gasteiger partial charge on any atom is -0.493 e. The van der Waals surface area contributed by atoms with Crippen LogP contribution < -0.4 is 19.5 Å². The Morgan fingerprint density at radius 2 is 1.79 bits per heavy atom. The van der Waals surface area contributed by atoms with Crippen molar-refractivity contribution in [2.75, 3.05) is 26.1 Å². The van der Waals surface area contributed by atoms with E-state index in [4.69, 9.17) is 14.2 Å². The summed E-state index contributed by atoms with van der Waals surface area (Å²) in [5.41, 5.74) is 3.53. The van der Waals surface area contributed by atoms with Crippen molar-refractivity contribution in [2.24, 2.45) is 0 Å². The molecule has 0 aliphatic rings. The third kappa shape index (κ3) is 5.66. The first kappa shape index (κ1) is 22.7. The lowest BCUT2D eigenvalue weighted by Crippen LogP contribution is -2.13. The second-order valence-corrected chi connectivity index (χ2v) is 7.27. The van der Waals surface area contributed by atoms with E-state index in [0.717, 1.165) is 16.8 Å². The molecule has 0 saturated carbocycles. The number of amides is 1. The number of carbonyl (C=O) groups is 1. The molecule has 2 aromatic carbocycles. The highest BCUT2D eigenvalue weighted by Crippen LogP contribution is 2.28. The predicted octanol–water partition coefficient (Wildman–Crippen LogP) is 4.43. The normalized spacial score (nSPS) is 10.4. The van der Waals surface area contributed by atoms with Crippen molar-refractivity contribution in [3.63, 3.8) is 0 Å². The molecule has 4 aromatic rings. The molecule has 1 amide bonds. The molecule has 0 bridgehead atoms. The maximum Gasteiger partial charge on any atom is 0.275 e. The first-order chi connectivity index (χ1) is 16.7. The Balaban J connectivity index is 1.40. The average molecular weight is 457 g/mol. The van der Waals surface area contributed by atoms with Crippen molar-refractivity contribution >= 4 is 11.6 Å². The SMILES string of the molecule is COc1ccc(CCOc2cccc(-c3cccc(NC(=O)c4cnccn4)c3)n2)cc1OC. The molecule has 2 heterocycles. The zero-order valence-corrected chi connectivity index (χ0v) is 18.9. The number of methoxy groups -OCH3 is 2. The van der Waals surface area contributed by atoms with Gasteiger partial charge in [-0.25, -0.2) is 9.97 Å². The Bertz CT molecular complexity index is 1260. The summed E-state index contributed by atoms with van der Waals surface area (Å²) >= 11 is 0. The number of nitrogens with zero attached hydrogens (tertiary/aromatic N) is 3. The van der Waals surface area contributed by atoms with E-state index in [0.29, 0.717) is 36.1 Å². The predicted molar refractivity (Wildman–Crippen MR) is 128 cm³/mol. The summed E-state index contributed by atoms with van der Waals surface area (Å²) < 4.78 is 16.5. The van der Waals surface area contributed by atoms with Crippen molar-refractivity contribution in [1.82, 2.24) is 15.0 Å². The molecule has 172 valence electrons. The van der Waals surface area contributed by atoms with Crippen LogP contribution in [0.1, 0.15) is 16.1 Å². The number of anilines is 1. The number of hydrogen-bond donors (Lipinski definition) is 1. The Labute approximate surface area is 197 Å². The molecule has 0 fully saturated rings. The Hall–Kier alpha value is -4.46. The molecule has 34 heavy (non-hydrogen) atoms. The van der Waals surface area contributed by atoms with E-state index >= 15 is 0 Å². The number of rotatable bonds is 9. The zero-order chi connectivity index (χ0) is 23.8. The first-order valence-electron chi connectivity index (χ1n) is 10.6. The molecule has 8 heteroatoms. The smallest absolute Gasteiger partial charge is 0.275 e. The molecular weight excluding hydrogens is 432 g/mol. The lowest BCUT2D eigenvalue weighted by atomic mass is 10.1. The maximum atomic E-state index is 12.4. The summed E-state index contributed by atoms with van der Waals surface area (Å²) in [6, 6.07) is 18.8. The van der Waals surface area contributed by atoms with E-state index in [1.54, 1.807) is 20.3 Å². The van der Waals surface area contributed by atoms with E-state index in [9.17, 15) is 4.79 Å². The van der Waals surface area contributed by atoms with Gasteiger partial charge in [-0.3, -0.25) is 9.78 Å². The van der Waals surface area contributed by atoms with Gasteiger partial charge in [0.15, 0.2) is 11.5 Å². The lowest BCUT2D eigenvalue weighted by molar-refractivity contribution is 0.102. The molecule has 0 unspecified atom stereocenters. The van der Waals surface area contributed by atoms with E-state index in [1.165, 1.54) is 18.6 Å². The van der Waals surface area contributed by atoms with Crippen LogP contribution in [-0.2, 0) is 6.42 Å². The highest BCUT2D eigenvalue weighted by molar-refractivity contribution is 6.02. The zero-order valence-electron chi connectivity index (χ0n) is 18.9. The fourth-order valence-corrected chi connectivity index (χ4v) is 3.33. The average Bonchev–Trinajstić information content (AvgIpc) is 2.89. The van der Waals surface area contributed by atoms with Crippen LogP contribution >= 0.6 is 0 Å². The van der Waals surface area contributed by atoms with Gasteiger partial charge in [-0.1, -0.05) is 24.3 Å². The van der Waals surface area contributed by atoms with Crippen LogP contribution in [0.5, 0.6) is 17.4 Å². The highest BCUT2D eigenvalue weighted by Gasteiger charge is 2.09. The number of hydrogen-bond acceptors (Lipinski definition) is 7. The van der Waals surface area contributed by atoms with Gasteiger partial charge in [-0.15, -0.1) is 0 Å². The van der Waals surface area contributed by atoms with Gasteiger partial charge in [0.25, 0.3) is 5.91 Å². The maximum absolute atomic E-state index is 12.4. The molecule has 0 radical (unpaired) electrons. The molecule has 0 saturated heterocycles. The van der Waals surface area contributed by atoms with Crippen LogP contribution in [-0.4, -0.2) is 41.7 Å². The van der Waals surface area contributed by atoms with Gasteiger partial charge >= 0.3 is 0 Å². The highest BCUT2D eigenvalue weighted by atomic mass is 16.5. The van der Waals surface area contributed by atoms with Crippen molar-refractivity contribution in [3.05, 3.63) is 90.5 Å². The second-order valence-electron chi connectivity index (χ2n) is 7.27. The van der Waals surface area contributed by atoms with Crippen molar-refractivity contribution in [2.45, 2.75) is 6.42 Å². The van der Waals surface area contributed by atoms with Gasteiger partial charge in [0.05, 0.1) is 32.7 Å². The number of pyridine rings is 1. The molecule has 2 aromatic heterocycles. The fourth-order valence-electron chi connectivity index (χ4n) is 3.33.